The van der Waals surface area contributed by atoms with Crippen LogP contribution >= 0.6 is 11.3 Å². The number of aromatic hydroxyl groups is 1. The Morgan fingerprint density at radius 2 is 1.96 bits per heavy atom. The molecular weight excluding hydrogens is 326 g/mol. The van der Waals surface area contributed by atoms with Crippen molar-refractivity contribution in [3.63, 3.8) is 0 Å². The van der Waals surface area contributed by atoms with Crippen molar-refractivity contribution < 1.29 is 19.4 Å². The number of ketones is 1. The molecule has 1 aromatic heterocycles. The molecule has 2 aromatic rings. The number of aryl methyl sites for hydroxylation is 2. The van der Waals surface area contributed by atoms with Crippen LogP contribution in [-0.2, 0) is 11.3 Å². The molecule has 1 heterocycles. The van der Waals surface area contributed by atoms with Crippen LogP contribution < -0.4 is 10.1 Å². The number of phenolic OH excluding ortho intramolecular Hbond substituents is 1. The third-order valence-electron chi connectivity index (χ3n) is 3.68. The first-order valence-electron chi connectivity index (χ1n) is 7.63. The first kappa shape index (κ1) is 18.0. The molecule has 2 rings (SSSR count). The predicted octanol–water partition coefficient (Wildman–Crippen LogP) is 3.36. The number of ether oxygens (including phenoxy) is 1. The second-order valence-electron chi connectivity index (χ2n) is 5.52. The predicted molar refractivity (Wildman–Crippen MR) is 93.9 cm³/mol. The van der Waals surface area contributed by atoms with Crippen LogP contribution in [0.25, 0.3) is 0 Å². The van der Waals surface area contributed by atoms with Gasteiger partial charge in [0.05, 0.1) is 7.11 Å². The van der Waals surface area contributed by atoms with Gasteiger partial charge in [0.1, 0.15) is 11.5 Å². The number of hydrogen-bond acceptors (Lipinski definition) is 5. The molecule has 2 N–H and O–H groups in total. The minimum atomic E-state index is -0.227. The number of Topliss-reactive ketones (excluding diaryl/α,β-unsaturated/α-hetero) is 1. The summed E-state index contributed by atoms with van der Waals surface area (Å²) in [4.78, 5) is 26.2. The molecule has 128 valence electrons. The van der Waals surface area contributed by atoms with E-state index < -0.39 is 0 Å². The van der Waals surface area contributed by atoms with E-state index >= 15 is 0 Å². The summed E-state index contributed by atoms with van der Waals surface area (Å²) in [6, 6.07) is 6.70. The highest BCUT2D eigenvalue weighted by Gasteiger charge is 2.14. The standard InChI is InChI=1S/C18H21NO4S/c1-11-8-15(12(2)24-11)17(21)6-7-18(22)19-10-13-9-14(23-3)4-5-16(13)20/h4-5,8-9,20H,6-7,10H2,1-3H3,(H,19,22). The number of hydrogen-bond donors (Lipinski definition) is 2. The summed E-state index contributed by atoms with van der Waals surface area (Å²) in [5.41, 5.74) is 1.27. The smallest absolute Gasteiger partial charge is 0.220 e. The highest BCUT2D eigenvalue weighted by Crippen LogP contribution is 2.23. The third-order valence-corrected chi connectivity index (χ3v) is 4.65. The second kappa shape index (κ2) is 7.97. The molecular formula is C18H21NO4S. The zero-order chi connectivity index (χ0) is 17.7. The molecule has 0 saturated carbocycles. The lowest BCUT2D eigenvalue weighted by Crippen LogP contribution is -2.23. The van der Waals surface area contributed by atoms with E-state index in [1.54, 1.807) is 23.5 Å². The highest BCUT2D eigenvalue weighted by molar-refractivity contribution is 7.12. The molecule has 6 heteroatoms. The minimum Gasteiger partial charge on any atom is -0.508 e. The number of carbonyl (C=O) groups excluding carboxylic acids is 2. The summed E-state index contributed by atoms with van der Waals surface area (Å²) in [5.74, 6) is 0.457. The zero-order valence-electron chi connectivity index (χ0n) is 14.0. The Bertz CT molecular complexity index is 751. The van der Waals surface area contributed by atoms with Crippen LogP contribution in [0.4, 0.5) is 0 Å². The van der Waals surface area contributed by atoms with Gasteiger partial charge < -0.3 is 15.2 Å². The Labute approximate surface area is 145 Å². The Morgan fingerprint density at radius 1 is 1.21 bits per heavy atom. The van der Waals surface area contributed by atoms with E-state index in [2.05, 4.69) is 5.32 Å². The number of amides is 1. The van der Waals surface area contributed by atoms with Crippen LogP contribution in [0.5, 0.6) is 11.5 Å². The lowest BCUT2D eigenvalue weighted by Gasteiger charge is -2.09. The average Bonchev–Trinajstić information content (AvgIpc) is 2.90. The fraction of sp³-hybridized carbons (Fsp3) is 0.333. The second-order valence-corrected chi connectivity index (χ2v) is 6.98. The van der Waals surface area contributed by atoms with E-state index in [4.69, 9.17) is 4.74 Å². The maximum Gasteiger partial charge on any atom is 0.220 e. The Morgan fingerprint density at radius 3 is 2.58 bits per heavy atom. The van der Waals surface area contributed by atoms with Gasteiger partial charge in [0.15, 0.2) is 5.78 Å². The molecule has 5 nitrogen and oxygen atoms in total. The van der Waals surface area contributed by atoms with E-state index in [0.29, 0.717) is 16.9 Å². The van der Waals surface area contributed by atoms with Crippen LogP contribution in [0.2, 0.25) is 0 Å². The molecule has 0 aliphatic heterocycles. The molecule has 1 aromatic carbocycles. The molecule has 24 heavy (non-hydrogen) atoms. The number of carbonyl (C=O) groups is 2. The van der Waals surface area contributed by atoms with Gasteiger partial charge in [-0.2, -0.15) is 0 Å². The number of thiophene rings is 1. The van der Waals surface area contributed by atoms with E-state index in [9.17, 15) is 14.7 Å². The van der Waals surface area contributed by atoms with Gasteiger partial charge in [0, 0.05) is 40.3 Å². The molecule has 0 aliphatic carbocycles. The van der Waals surface area contributed by atoms with Crippen LogP contribution in [0.1, 0.15) is 38.5 Å². The zero-order valence-corrected chi connectivity index (χ0v) is 14.8. The topological polar surface area (TPSA) is 75.6 Å². The molecule has 0 aliphatic rings. The third kappa shape index (κ3) is 4.58. The van der Waals surface area contributed by atoms with Crippen molar-refractivity contribution in [1.82, 2.24) is 5.32 Å². The monoisotopic (exact) mass is 347 g/mol. The number of nitrogens with one attached hydrogen (secondary N) is 1. The summed E-state index contributed by atoms with van der Waals surface area (Å²) in [5, 5.41) is 12.5. The highest BCUT2D eigenvalue weighted by atomic mass is 32.1. The number of phenols is 1. The van der Waals surface area contributed by atoms with Gasteiger partial charge in [-0.25, -0.2) is 0 Å². The lowest BCUT2D eigenvalue weighted by molar-refractivity contribution is -0.121. The van der Waals surface area contributed by atoms with Gasteiger partial charge in [0.25, 0.3) is 0 Å². The van der Waals surface area contributed by atoms with Crippen molar-refractivity contribution in [2.75, 3.05) is 7.11 Å². The molecule has 0 bridgehead atoms. The van der Waals surface area contributed by atoms with E-state index in [-0.39, 0.29) is 36.8 Å². The van der Waals surface area contributed by atoms with Gasteiger partial charge in [0.2, 0.25) is 5.91 Å². The van der Waals surface area contributed by atoms with Crippen molar-refractivity contribution in [1.29, 1.82) is 0 Å². The maximum atomic E-state index is 12.2. The number of rotatable bonds is 7. The van der Waals surface area contributed by atoms with Gasteiger partial charge in [-0.1, -0.05) is 0 Å². The quantitative estimate of drug-likeness (QED) is 0.753. The first-order chi connectivity index (χ1) is 11.4. The van der Waals surface area contributed by atoms with Crippen LogP contribution in [-0.4, -0.2) is 23.9 Å². The van der Waals surface area contributed by atoms with E-state index in [1.807, 2.05) is 19.9 Å². The Kier molecular flexibility index (Phi) is 5.98. The molecule has 0 unspecified atom stereocenters. The SMILES string of the molecule is COc1ccc(O)c(CNC(=O)CCC(=O)c2cc(C)sc2C)c1. The Balaban J connectivity index is 1.85. The minimum absolute atomic E-state index is 0.0174. The summed E-state index contributed by atoms with van der Waals surface area (Å²) in [6.07, 6.45) is 0.296. The molecule has 0 fully saturated rings. The van der Waals surface area contributed by atoms with Crippen molar-refractivity contribution in [3.8, 4) is 11.5 Å². The van der Waals surface area contributed by atoms with E-state index in [1.165, 1.54) is 13.2 Å². The van der Waals surface area contributed by atoms with Gasteiger partial charge >= 0.3 is 0 Å². The van der Waals surface area contributed by atoms with Crippen molar-refractivity contribution >= 4 is 23.0 Å². The summed E-state index contributed by atoms with van der Waals surface area (Å²) < 4.78 is 5.09. The summed E-state index contributed by atoms with van der Waals surface area (Å²) >= 11 is 1.58. The van der Waals surface area contributed by atoms with E-state index in [0.717, 1.165) is 9.75 Å². The molecule has 0 radical (unpaired) electrons. The van der Waals surface area contributed by atoms with Gasteiger partial charge in [-0.05, 0) is 38.1 Å². The van der Waals surface area contributed by atoms with Gasteiger partial charge in [-0.3, -0.25) is 9.59 Å². The molecule has 0 atom stereocenters. The normalized spacial score (nSPS) is 10.5. The molecule has 1 amide bonds. The maximum absolute atomic E-state index is 12.2. The summed E-state index contributed by atoms with van der Waals surface area (Å²) in [6.45, 7) is 4.06. The number of methoxy groups -OCH3 is 1. The Hall–Kier alpha value is -2.34. The van der Waals surface area contributed by atoms with Crippen molar-refractivity contribution in [2.24, 2.45) is 0 Å². The van der Waals surface area contributed by atoms with Crippen molar-refractivity contribution in [3.05, 3.63) is 45.1 Å². The van der Waals surface area contributed by atoms with Crippen molar-refractivity contribution in [2.45, 2.75) is 33.2 Å². The lowest BCUT2D eigenvalue weighted by atomic mass is 10.1. The first-order valence-corrected chi connectivity index (χ1v) is 8.45. The molecule has 0 spiro atoms. The largest absolute Gasteiger partial charge is 0.508 e. The van der Waals surface area contributed by atoms with Crippen LogP contribution in [0, 0.1) is 13.8 Å². The fourth-order valence-electron chi connectivity index (χ4n) is 2.38. The van der Waals surface area contributed by atoms with Crippen LogP contribution in [0.3, 0.4) is 0 Å². The van der Waals surface area contributed by atoms with Gasteiger partial charge in [-0.15, -0.1) is 11.3 Å². The number of benzene rings is 1. The van der Waals surface area contributed by atoms with Crippen LogP contribution in [0.15, 0.2) is 24.3 Å². The fourth-order valence-corrected chi connectivity index (χ4v) is 3.32. The average molecular weight is 347 g/mol. The summed E-state index contributed by atoms with van der Waals surface area (Å²) in [7, 11) is 1.54. The molecule has 0 saturated heterocycles.